The van der Waals surface area contributed by atoms with Crippen molar-refractivity contribution in [1.29, 1.82) is 0 Å². The van der Waals surface area contributed by atoms with Gasteiger partial charge in [0.25, 0.3) is 5.91 Å². The summed E-state index contributed by atoms with van der Waals surface area (Å²) in [4.78, 5) is 32.5. The summed E-state index contributed by atoms with van der Waals surface area (Å²) in [6.07, 6.45) is 1.49. The van der Waals surface area contributed by atoms with Crippen LogP contribution >= 0.6 is 11.3 Å². The van der Waals surface area contributed by atoms with Gasteiger partial charge in [0.15, 0.2) is 22.4 Å². The molecule has 4 rings (SSSR count). The highest BCUT2D eigenvalue weighted by atomic mass is 32.1. The maximum absolute atomic E-state index is 12.9. The quantitative estimate of drug-likeness (QED) is 0.630. The first-order valence-electron chi connectivity index (χ1n) is 9.21. The number of thiazole rings is 1. The maximum Gasteiger partial charge on any atom is 0.274 e. The number of aromatic nitrogens is 2. The average molecular weight is 399 g/mol. The number of anilines is 1. The summed E-state index contributed by atoms with van der Waals surface area (Å²) in [5.74, 6) is 1.02. The zero-order chi connectivity index (χ0) is 19.8. The molecule has 0 aliphatic carbocycles. The molecule has 2 aromatic heterocycles. The van der Waals surface area contributed by atoms with Gasteiger partial charge in [-0.1, -0.05) is 24.7 Å². The van der Waals surface area contributed by atoms with Gasteiger partial charge in [0.05, 0.1) is 10.2 Å². The molecule has 0 unspecified atom stereocenters. The molecule has 0 spiro atoms. The lowest BCUT2D eigenvalue weighted by Gasteiger charge is -2.17. The van der Waals surface area contributed by atoms with E-state index in [9.17, 15) is 9.59 Å². The molecule has 28 heavy (non-hydrogen) atoms. The summed E-state index contributed by atoms with van der Waals surface area (Å²) in [5, 5.41) is 3.35. The fourth-order valence-corrected chi connectivity index (χ4v) is 4.40. The lowest BCUT2D eigenvalue weighted by atomic mass is 10.0. The van der Waals surface area contributed by atoms with Gasteiger partial charge in [-0.15, -0.1) is 0 Å². The number of amides is 1. The van der Waals surface area contributed by atoms with Crippen molar-refractivity contribution in [3.05, 3.63) is 34.6 Å². The van der Waals surface area contributed by atoms with Gasteiger partial charge in [-0.05, 0) is 25.8 Å². The first-order valence-corrected chi connectivity index (χ1v) is 10.0. The molecule has 1 aliphatic heterocycles. The molecule has 8 heteroatoms. The van der Waals surface area contributed by atoms with Crippen LogP contribution < -0.4 is 14.8 Å². The molecular weight excluding hydrogens is 378 g/mol. The topological polar surface area (TPSA) is 93.3 Å². The third kappa shape index (κ3) is 3.24. The molecule has 1 aliphatic rings. The molecule has 0 atom stereocenters. The minimum absolute atomic E-state index is 0.0400. The number of hydrogen-bond acceptors (Lipinski definition) is 6. The van der Waals surface area contributed by atoms with Gasteiger partial charge in [-0.25, -0.2) is 4.98 Å². The number of Topliss-reactive ketones (excluding diaryl/α,β-unsaturated/α-hetero) is 1. The zero-order valence-electron chi connectivity index (χ0n) is 16.0. The maximum atomic E-state index is 12.9. The number of hydrogen-bond donors (Lipinski definition) is 2. The van der Waals surface area contributed by atoms with Crippen LogP contribution in [-0.2, 0) is 6.42 Å². The number of carbonyl (C=O) groups excluding carboxylic acids is 2. The Morgan fingerprint density at radius 2 is 1.96 bits per heavy atom. The molecule has 146 valence electrons. The van der Waals surface area contributed by atoms with E-state index in [1.54, 1.807) is 0 Å². The number of nitrogens with one attached hydrogen (secondary N) is 2. The van der Waals surface area contributed by atoms with Crippen molar-refractivity contribution in [3.63, 3.8) is 0 Å². The summed E-state index contributed by atoms with van der Waals surface area (Å²) in [7, 11) is 0. The van der Waals surface area contributed by atoms with Crippen LogP contribution in [0.4, 0.5) is 5.13 Å². The van der Waals surface area contributed by atoms with Crippen molar-refractivity contribution < 1.29 is 19.1 Å². The van der Waals surface area contributed by atoms with Crippen LogP contribution in [0.3, 0.4) is 0 Å². The van der Waals surface area contributed by atoms with Crippen molar-refractivity contribution in [2.45, 2.75) is 33.6 Å². The summed E-state index contributed by atoms with van der Waals surface area (Å²) >= 11 is 1.37. The van der Waals surface area contributed by atoms with Crippen LogP contribution in [0.2, 0.25) is 0 Å². The molecule has 0 saturated carbocycles. The van der Waals surface area contributed by atoms with E-state index in [1.807, 2.05) is 26.0 Å². The van der Waals surface area contributed by atoms with Crippen LogP contribution in [0.1, 0.15) is 52.4 Å². The van der Waals surface area contributed by atoms with Gasteiger partial charge < -0.3 is 14.5 Å². The first kappa shape index (κ1) is 18.5. The van der Waals surface area contributed by atoms with Crippen LogP contribution in [0.25, 0.3) is 10.2 Å². The second-order valence-electron chi connectivity index (χ2n) is 6.72. The Morgan fingerprint density at radius 3 is 2.64 bits per heavy atom. The van der Waals surface area contributed by atoms with Crippen LogP contribution in [0.5, 0.6) is 11.5 Å². The molecule has 7 nitrogen and oxygen atoms in total. The number of rotatable bonds is 5. The molecule has 1 aromatic carbocycles. The van der Waals surface area contributed by atoms with Gasteiger partial charge in [0.2, 0.25) is 0 Å². The molecule has 3 heterocycles. The number of nitrogens with zero attached hydrogens (tertiary/aromatic N) is 1. The van der Waals surface area contributed by atoms with Crippen molar-refractivity contribution in [2.75, 3.05) is 18.5 Å². The second-order valence-corrected chi connectivity index (χ2v) is 7.75. The predicted molar refractivity (Wildman–Crippen MR) is 108 cm³/mol. The number of aromatic amines is 1. The minimum Gasteiger partial charge on any atom is -0.486 e. The van der Waals surface area contributed by atoms with Crippen molar-refractivity contribution in [2.24, 2.45) is 0 Å². The van der Waals surface area contributed by atoms with Crippen molar-refractivity contribution in [1.82, 2.24) is 9.97 Å². The number of fused-ring (bicyclic) bond motifs is 2. The monoisotopic (exact) mass is 399 g/mol. The summed E-state index contributed by atoms with van der Waals surface area (Å²) in [6, 6.07) is 3.71. The minimum atomic E-state index is -0.296. The van der Waals surface area contributed by atoms with E-state index in [0.29, 0.717) is 53.2 Å². The molecule has 0 radical (unpaired) electrons. The number of carbonyl (C=O) groups is 2. The van der Waals surface area contributed by atoms with E-state index < -0.39 is 0 Å². The summed E-state index contributed by atoms with van der Waals surface area (Å²) < 4.78 is 12.1. The number of H-pyrrole nitrogens is 1. The Hall–Kier alpha value is -2.87. The smallest absolute Gasteiger partial charge is 0.274 e. The lowest BCUT2D eigenvalue weighted by molar-refractivity contribution is 0.101. The molecule has 1 amide bonds. The normalized spacial score (nSPS) is 13.0. The third-order valence-corrected chi connectivity index (χ3v) is 5.58. The Bertz CT molecular complexity index is 1040. The number of benzene rings is 1. The highest BCUT2D eigenvalue weighted by molar-refractivity contribution is 7.22. The van der Waals surface area contributed by atoms with Crippen LogP contribution in [0.15, 0.2) is 12.1 Å². The van der Waals surface area contributed by atoms with E-state index in [0.717, 1.165) is 22.2 Å². The summed E-state index contributed by atoms with van der Waals surface area (Å²) in [5.41, 5.74) is 3.26. The summed E-state index contributed by atoms with van der Waals surface area (Å²) in [6.45, 7) is 6.39. The van der Waals surface area contributed by atoms with E-state index in [-0.39, 0.29) is 11.7 Å². The Kier molecular flexibility index (Phi) is 4.80. The van der Waals surface area contributed by atoms with Crippen LogP contribution in [0, 0.1) is 6.92 Å². The highest BCUT2D eigenvalue weighted by Crippen LogP contribution is 2.38. The Labute approximate surface area is 166 Å². The fraction of sp³-hybridized carbons (Fsp3) is 0.350. The van der Waals surface area contributed by atoms with Gasteiger partial charge in [-0.2, -0.15) is 0 Å². The average Bonchev–Trinajstić information content (AvgIpc) is 3.19. The van der Waals surface area contributed by atoms with Gasteiger partial charge >= 0.3 is 0 Å². The van der Waals surface area contributed by atoms with Gasteiger partial charge in [0.1, 0.15) is 18.9 Å². The van der Waals surface area contributed by atoms with Crippen molar-refractivity contribution >= 4 is 38.4 Å². The second kappa shape index (κ2) is 7.27. The Morgan fingerprint density at radius 1 is 1.25 bits per heavy atom. The molecular formula is C20H21N3O4S. The van der Waals surface area contributed by atoms with E-state index in [4.69, 9.17) is 9.47 Å². The molecule has 2 N–H and O–H groups in total. The highest BCUT2D eigenvalue weighted by Gasteiger charge is 2.23. The van der Waals surface area contributed by atoms with Gasteiger partial charge in [-0.3, -0.25) is 14.9 Å². The molecule has 0 bridgehead atoms. The molecule has 0 fully saturated rings. The Balaban J connectivity index is 1.65. The number of ketones is 1. The first-order chi connectivity index (χ1) is 13.5. The standard InChI is InChI=1S/C20H21N3O4S/c1-4-5-12-17(11(3)24)10(2)21-18(12)19(25)23-20-22-13-8-14-15(9-16(13)28-20)27-7-6-26-14/h8-9,21H,4-7H2,1-3H3,(H,22,23,25). The van der Waals surface area contributed by atoms with Crippen molar-refractivity contribution in [3.8, 4) is 11.5 Å². The van der Waals surface area contributed by atoms with Gasteiger partial charge in [0, 0.05) is 23.4 Å². The number of aryl methyl sites for hydroxylation is 1. The lowest BCUT2D eigenvalue weighted by Crippen LogP contribution is -2.15. The predicted octanol–water partition coefficient (Wildman–Crippen LogP) is 4.11. The largest absolute Gasteiger partial charge is 0.486 e. The molecule has 3 aromatic rings. The molecule has 0 saturated heterocycles. The third-order valence-electron chi connectivity index (χ3n) is 4.64. The zero-order valence-corrected chi connectivity index (χ0v) is 16.8. The SMILES string of the molecule is CCCc1c(C(=O)Nc2nc3cc4c(cc3s2)OCCO4)[nH]c(C)c1C(C)=O. The number of ether oxygens (including phenoxy) is 2. The van der Waals surface area contributed by atoms with E-state index in [1.165, 1.54) is 18.3 Å². The van der Waals surface area contributed by atoms with Crippen LogP contribution in [-0.4, -0.2) is 34.9 Å². The van der Waals surface area contributed by atoms with E-state index >= 15 is 0 Å². The fourth-order valence-electron chi connectivity index (χ4n) is 3.53. The van der Waals surface area contributed by atoms with E-state index in [2.05, 4.69) is 15.3 Å².